The fourth-order valence-corrected chi connectivity index (χ4v) is 3.06. The van der Waals surface area contributed by atoms with E-state index in [1.807, 2.05) is 0 Å². The van der Waals surface area contributed by atoms with Gasteiger partial charge in [-0.2, -0.15) is 0 Å². The minimum Gasteiger partial charge on any atom is -0.790 e. The molecule has 0 spiro atoms. The quantitative estimate of drug-likeness (QED) is 0.0431. The molecule has 0 aromatic heterocycles. The zero-order valence-corrected chi connectivity index (χ0v) is 31.9. The van der Waals surface area contributed by atoms with Gasteiger partial charge in [-0.15, -0.1) is 12.6 Å². The fraction of sp³-hybridized carbons (Fsp3) is 0.516. The first-order valence-corrected chi connectivity index (χ1v) is 15.1. The van der Waals surface area contributed by atoms with Crippen LogP contribution in [-0.2, 0) is 32.9 Å². The molecule has 13 heteroatoms. The molecule has 0 aromatic rings. The van der Waals surface area contributed by atoms with Gasteiger partial charge in [-0.3, -0.25) is 9.59 Å². The summed E-state index contributed by atoms with van der Waals surface area (Å²) in [4.78, 5) is 54.7. The van der Waals surface area contributed by atoms with E-state index < -0.39 is 39.1 Å². The first kappa shape index (κ1) is 49.3. The van der Waals surface area contributed by atoms with Crippen LogP contribution in [0.3, 0.4) is 0 Å². The monoisotopic (exact) mass is 682 g/mol. The normalized spacial score (nSPS) is 9.14. The van der Waals surface area contributed by atoms with Crippen LogP contribution in [0.2, 0.25) is 0 Å². The van der Waals surface area contributed by atoms with Gasteiger partial charge in [0.2, 0.25) is 0 Å². The van der Waals surface area contributed by atoms with Crippen LogP contribution in [0.15, 0.2) is 0 Å². The molecule has 0 rings (SSSR count). The SMILES string of the molecule is CC#CC#CC#CC#CC#CC#CC(=O)OC[C@H](COP(=O)([O-])[O-])OC(=O)CCCCCCCCCCC.CC(=O)S.[HH].[HH].[HH].[HH].[HH].[HH].[HH].[HH].[HH].[HH].[HH].[Na+].[Na+]. The Morgan fingerprint density at radius 1 is 0.773 bits per heavy atom. The van der Waals surface area contributed by atoms with Gasteiger partial charge in [0.05, 0.1) is 14.4 Å². The van der Waals surface area contributed by atoms with E-state index in [2.05, 4.69) is 95.1 Å². The average Bonchev–Trinajstić information content (AvgIpc) is 2.91. The van der Waals surface area contributed by atoms with Crippen LogP contribution in [0.1, 0.15) is 101 Å². The van der Waals surface area contributed by atoms with E-state index in [4.69, 9.17) is 9.47 Å². The van der Waals surface area contributed by atoms with Gasteiger partial charge in [-0.1, -0.05) is 64.2 Å². The van der Waals surface area contributed by atoms with Crippen molar-refractivity contribution in [3.63, 3.8) is 0 Å². The molecule has 0 saturated carbocycles. The first-order valence-electron chi connectivity index (χ1n) is 13.2. The number of unbranched alkanes of at least 4 members (excludes halogenated alkanes) is 8. The Labute approximate surface area is 328 Å². The summed E-state index contributed by atoms with van der Waals surface area (Å²) in [6.45, 7) is 3.88. The molecule has 0 aliphatic rings. The first-order chi connectivity index (χ1) is 20.0. The predicted molar refractivity (Wildman–Crippen MR) is 181 cm³/mol. The van der Waals surface area contributed by atoms with Crippen LogP contribution in [0.4, 0.5) is 0 Å². The Morgan fingerprint density at radius 2 is 1.20 bits per heavy atom. The smallest absolute Gasteiger partial charge is 0.790 e. The third kappa shape index (κ3) is 44.9. The van der Waals surface area contributed by atoms with Gasteiger partial charge in [0, 0.05) is 35.0 Å². The summed E-state index contributed by atoms with van der Waals surface area (Å²) in [5.41, 5.74) is 0. The van der Waals surface area contributed by atoms with E-state index in [0.717, 1.165) is 19.3 Å². The summed E-state index contributed by atoms with van der Waals surface area (Å²) in [6.07, 6.45) is 8.45. The van der Waals surface area contributed by atoms with Crippen molar-refractivity contribution in [2.75, 3.05) is 13.2 Å². The minimum absolute atomic E-state index is 0. The second kappa shape index (κ2) is 35.9. The molecule has 0 unspecified atom stereocenters. The predicted octanol–water partition coefficient (Wildman–Crippen LogP) is -0.575. The van der Waals surface area contributed by atoms with Gasteiger partial charge >= 0.3 is 71.1 Å². The van der Waals surface area contributed by atoms with Crippen LogP contribution >= 0.6 is 20.5 Å². The van der Waals surface area contributed by atoms with Gasteiger partial charge in [-0.25, -0.2) is 4.79 Å². The Balaban J connectivity index is -0.0000000688. The molecule has 0 aliphatic heterocycles. The number of ether oxygens (including phenoxy) is 2. The molecule has 248 valence electrons. The molecule has 0 aromatic carbocycles. The van der Waals surface area contributed by atoms with Crippen molar-refractivity contribution in [1.29, 1.82) is 0 Å². The van der Waals surface area contributed by atoms with E-state index in [1.165, 1.54) is 39.0 Å². The Bertz CT molecular complexity index is 1310. The molecular weight excluding hydrogens is 625 g/mol. The van der Waals surface area contributed by atoms with E-state index in [9.17, 15) is 28.7 Å². The van der Waals surface area contributed by atoms with E-state index in [1.54, 1.807) is 6.92 Å². The average molecular weight is 683 g/mol. The summed E-state index contributed by atoms with van der Waals surface area (Å²) < 4.78 is 24.9. The summed E-state index contributed by atoms with van der Waals surface area (Å²) in [5, 5.41) is -0.139. The maximum absolute atomic E-state index is 12.1. The molecule has 1 atom stereocenters. The van der Waals surface area contributed by atoms with Crippen molar-refractivity contribution in [2.45, 2.75) is 91.1 Å². The summed E-state index contributed by atoms with van der Waals surface area (Å²) in [6, 6.07) is 0. The zero-order valence-electron chi connectivity index (χ0n) is 26.1. The van der Waals surface area contributed by atoms with Crippen molar-refractivity contribution in [3.8, 4) is 71.0 Å². The number of phosphoric ester groups is 1. The van der Waals surface area contributed by atoms with Gasteiger partial charge in [0.15, 0.2) is 11.2 Å². The third-order valence-corrected chi connectivity index (χ3v) is 4.92. The standard InChI is InChI=1S/C29H33O8P.C2H4OS.2Na.11H2/c1-3-5-7-9-11-13-14-16-17-19-21-23-28(30)35-25-27(26-36-38(32,33)34)37-29(31)24-22-20-18-15-12-10-8-6-4-2;1-2(3)4;;;;;;;;;;;;;/h27H,4,6,8,10,12,15,18,20,22,24-26H2,1-2H3,(H2,32,33,34);1H3,(H,3,4);;;11*1H/q;;2*+1;;;;;;;;;;;/p-2/t27-;;;;;;;;;;;;;;/m1............../s1. The van der Waals surface area contributed by atoms with Crippen molar-refractivity contribution in [3.05, 3.63) is 0 Å². The Hall–Kier alpha value is -1.57. The van der Waals surface area contributed by atoms with Crippen LogP contribution < -0.4 is 68.9 Å². The Kier molecular flexibility index (Phi) is 40.2. The molecule has 0 bridgehead atoms. The number of carbonyl (C=O) groups is 3. The second-order valence-electron chi connectivity index (χ2n) is 8.18. The van der Waals surface area contributed by atoms with Crippen molar-refractivity contribution < 1.29 is 118 Å². The van der Waals surface area contributed by atoms with Gasteiger partial charge in [-0.05, 0) is 72.5 Å². The molecule has 0 N–H and O–H groups in total. The zero-order chi connectivity index (χ0) is 31.9. The molecule has 0 fully saturated rings. The molecule has 0 radical (unpaired) electrons. The third-order valence-electron chi connectivity index (χ3n) is 4.45. The van der Waals surface area contributed by atoms with E-state index in [-0.39, 0.29) is 86.3 Å². The topological polar surface area (TPSA) is 142 Å². The van der Waals surface area contributed by atoms with Crippen LogP contribution in [0.25, 0.3) is 0 Å². The number of carbonyl (C=O) groups excluding carboxylic acids is 3. The number of hydrogen-bond acceptors (Lipinski definition) is 9. The maximum Gasteiger partial charge on any atom is 1.00 e. The van der Waals surface area contributed by atoms with Crippen LogP contribution in [-0.4, -0.2) is 36.4 Å². The van der Waals surface area contributed by atoms with Gasteiger partial charge in [0.25, 0.3) is 0 Å². The maximum atomic E-state index is 12.1. The molecule has 0 heterocycles. The number of esters is 2. The minimum atomic E-state index is -5.31. The largest absolute Gasteiger partial charge is 1.00 e. The van der Waals surface area contributed by atoms with E-state index in [0.29, 0.717) is 6.42 Å². The van der Waals surface area contributed by atoms with Crippen molar-refractivity contribution in [1.82, 2.24) is 0 Å². The van der Waals surface area contributed by atoms with Crippen molar-refractivity contribution in [2.24, 2.45) is 0 Å². The van der Waals surface area contributed by atoms with Crippen molar-refractivity contribution >= 4 is 37.5 Å². The molecule has 9 nitrogen and oxygen atoms in total. The molecule has 0 saturated heterocycles. The summed E-state index contributed by atoms with van der Waals surface area (Å²) in [5.74, 6) is 27.0. The molecule has 44 heavy (non-hydrogen) atoms. The fourth-order valence-electron chi connectivity index (χ4n) is 2.71. The van der Waals surface area contributed by atoms with Crippen LogP contribution in [0, 0.1) is 71.0 Å². The number of thiol groups is 1. The van der Waals surface area contributed by atoms with E-state index >= 15 is 0 Å². The Morgan fingerprint density at radius 3 is 1.66 bits per heavy atom. The van der Waals surface area contributed by atoms with Gasteiger partial charge < -0.3 is 28.3 Å². The second-order valence-corrected chi connectivity index (χ2v) is 9.96. The summed E-state index contributed by atoms with van der Waals surface area (Å²) >= 11 is 3.33. The molecule has 0 aliphatic carbocycles. The molecular formula is C31H57Na2O9PS. The van der Waals surface area contributed by atoms with Gasteiger partial charge in [0.1, 0.15) is 6.61 Å². The summed E-state index contributed by atoms with van der Waals surface area (Å²) in [7, 11) is -5.31. The number of hydrogen-bond donors (Lipinski definition) is 1. The number of phosphoric acid groups is 1. The van der Waals surface area contributed by atoms with Crippen LogP contribution in [0.5, 0.6) is 0 Å². The molecule has 0 amide bonds. The number of rotatable bonds is 16.